The molecule has 0 radical (unpaired) electrons. The molecule has 1 aliphatic rings. The number of amides is 1. The van der Waals surface area contributed by atoms with Gasteiger partial charge in [-0.2, -0.15) is 14.8 Å². The van der Waals surface area contributed by atoms with Crippen molar-refractivity contribution in [2.24, 2.45) is 0 Å². The van der Waals surface area contributed by atoms with Crippen molar-refractivity contribution in [3.05, 3.63) is 41.7 Å². The van der Waals surface area contributed by atoms with Crippen LogP contribution < -0.4 is 5.32 Å². The Bertz CT molecular complexity index is 630. The molecule has 0 fully saturated rings. The number of nitrogens with one attached hydrogen (secondary N) is 1. The van der Waals surface area contributed by atoms with Gasteiger partial charge < -0.3 is 0 Å². The minimum Gasteiger partial charge on any atom is -0.293 e. The van der Waals surface area contributed by atoms with Gasteiger partial charge in [-0.1, -0.05) is 29.8 Å². The lowest BCUT2D eigenvalue weighted by Gasteiger charge is -2.20. The number of nitrogens with zero attached hydrogens (tertiary/aromatic N) is 3. The number of carbonyl (C=O) groups excluding carboxylic acids is 2. The standard InChI is InChI=1S/C12H10N4O2/c1-7-2-4-8(5-3-7)9-10(17)15-12-13-6-14-16(12)11(9)18/h2-6,9H,1H3,(H,13,14,15,17). The summed E-state index contributed by atoms with van der Waals surface area (Å²) in [6.07, 6.45) is 1.24. The van der Waals surface area contributed by atoms with Gasteiger partial charge in [-0.25, -0.2) is 0 Å². The van der Waals surface area contributed by atoms with E-state index in [0.717, 1.165) is 10.2 Å². The first-order valence-electron chi connectivity index (χ1n) is 5.48. The van der Waals surface area contributed by atoms with Crippen LogP contribution in [-0.4, -0.2) is 26.6 Å². The molecule has 90 valence electrons. The van der Waals surface area contributed by atoms with Crippen LogP contribution in [0.2, 0.25) is 0 Å². The van der Waals surface area contributed by atoms with Gasteiger partial charge in [0.25, 0.3) is 5.91 Å². The van der Waals surface area contributed by atoms with Crippen LogP contribution in [0.1, 0.15) is 21.8 Å². The van der Waals surface area contributed by atoms with Crippen molar-refractivity contribution in [1.29, 1.82) is 0 Å². The Morgan fingerprint density at radius 3 is 2.67 bits per heavy atom. The molecule has 0 saturated carbocycles. The molecule has 6 heteroatoms. The highest BCUT2D eigenvalue weighted by Crippen LogP contribution is 2.25. The van der Waals surface area contributed by atoms with Crippen molar-refractivity contribution in [2.45, 2.75) is 12.8 Å². The topological polar surface area (TPSA) is 76.9 Å². The van der Waals surface area contributed by atoms with E-state index in [1.807, 2.05) is 19.1 Å². The molecule has 2 aromatic rings. The van der Waals surface area contributed by atoms with E-state index in [2.05, 4.69) is 15.4 Å². The SMILES string of the molecule is Cc1ccc(C2C(=O)Nc3ncnn3C2=O)cc1. The van der Waals surface area contributed by atoms with E-state index < -0.39 is 5.92 Å². The molecule has 6 nitrogen and oxygen atoms in total. The molecule has 1 amide bonds. The van der Waals surface area contributed by atoms with E-state index >= 15 is 0 Å². The zero-order valence-corrected chi connectivity index (χ0v) is 9.62. The molecule has 3 rings (SSSR count). The van der Waals surface area contributed by atoms with Crippen molar-refractivity contribution < 1.29 is 9.59 Å². The summed E-state index contributed by atoms with van der Waals surface area (Å²) in [7, 11) is 0. The summed E-state index contributed by atoms with van der Waals surface area (Å²) in [6.45, 7) is 1.95. The number of aromatic nitrogens is 3. The Morgan fingerprint density at radius 2 is 1.94 bits per heavy atom. The third kappa shape index (κ3) is 1.50. The Morgan fingerprint density at radius 1 is 1.22 bits per heavy atom. The first-order chi connectivity index (χ1) is 8.66. The number of hydrogen-bond acceptors (Lipinski definition) is 4. The molecule has 1 atom stereocenters. The van der Waals surface area contributed by atoms with Gasteiger partial charge in [-0.05, 0) is 12.5 Å². The second kappa shape index (κ2) is 3.76. The second-order valence-corrected chi connectivity index (χ2v) is 4.17. The lowest BCUT2D eigenvalue weighted by atomic mass is 9.95. The smallest absolute Gasteiger partial charge is 0.267 e. The van der Waals surface area contributed by atoms with Crippen LogP contribution in [0, 0.1) is 6.92 Å². The average molecular weight is 242 g/mol. The maximum atomic E-state index is 12.2. The summed E-state index contributed by atoms with van der Waals surface area (Å²) in [5.41, 5.74) is 1.73. The molecule has 1 aromatic carbocycles. The molecule has 0 aliphatic carbocycles. The number of benzene rings is 1. The van der Waals surface area contributed by atoms with Crippen LogP contribution in [-0.2, 0) is 4.79 Å². The van der Waals surface area contributed by atoms with E-state index in [1.54, 1.807) is 12.1 Å². The lowest BCUT2D eigenvalue weighted by Crippen LogP contribution is -2.38. The van der Waals surface area contributed by atoms with E-state index in [9.17, 15) is 9.59 Å². The summed E-state index contributed by atoms with van der Waals surface area (Å²) in [5.74, 6) is -1.44. The molecule has 1 aromatic heterocycles. The molecule has 1 aliphatic heterocycles. The predicted octanol–water partition coefficient (Wildman–Crippen LogP) is 0.963. The molecule has 0 saturated heterocycles. The van der Waals surface area contributed by atoms with E-state index in [0.29, 0.717) is 5.56 Å². The molecule has 0 spiro atoms. The molecule has 1 unspecified atom stereocenters. The monoisotopic (exact) mass is 242 g/mol. The molecule has 0 bridgehead atoms. The average Bonchev–Trinajstić information content (AvgIpc) is 2.80. The summed E-state index contributed by atoms with van der Waals surface area (Å²) in [4.78, 5) is 27.9. The maximum Gasteiger partial charge on any atom is 0.267 e. The maximum absolute atomic E-state index is 12.2. The van der Waals surface area contributed by atoms with Crippen LogP contribution in [0.4, 0.5) is 5.95 Å². The quantitative estimate of drug-likeness (QED) is 0.756. The fourth-order valence-corrected chi connectivity index (χ4v) is 1.96. The second-order valence-electron chi connectivity index (χ2n) is 4.17. The Balaban J connectivity index is 2.05. The minimum absolute atomic E-state index is 0.174. The van der Waals surface area contributed by atoms with E-state index in [-0.39, 0.29) is 17.8 Å². The molecule has 1 N–H and O–H groups in total. The van der Waals surface area contributed by atoms with Gasteiger partial charge in [0.1, 0.15) is 12.2 Å². The summed E-state index contributed by atoms with van der Waals surface area (Å²) >= 11 is 0. The minimum atomic E-state index is -0.861. The number of carbonyl (C=O) groups is 2. The van der Waals surface area contributed by atoms with Gasteiger partial charge in [0, 0.05) is 0 Å². The Kier molecular flexibility index (Phi) is 2.22. The van der Waals surface area contributed by atoms with Crippen LogP contribution in [0.15, 0.2) is 30.6 Å². The summed E-state index contributed by atoms with van der Waals surface area (Å²) < 4.78 is 1.12. The molecular formula is C12H10N4O2. The highest BCUT2D eigenvalue weighted by Gasteiger charge is 2.36. The van der Waals surface area contributed by atoms with Gasteiger partial charge >= 0.3 is 0 Å². The van der Waals surface area contributed by atoms with Crippen LogP contribution in [0.5, 0.6) is 0 Å². The van der Waals surface area contributed by atoms with Gasteiger partial charge in [0.2, 0.25) is 11.9 Å². The fourth-order valence-electron chi connectivity index (χ4n) is 1.96. The first kappa shape index (κ1) is 10.6. The normalized spacial score (nSPS) is 18.4. The number of hydrogen-bond donors (Lipinski definition) is 1. The molecule has 2 heterocycles. The highest BCUT2D eigenvalue weighted by atomic mass is 16.2. The summed E-state index contributed by atoms with van der Waals surface area (Å²) in [6, 6.07) is 7.29. The number of rotatable bonds is 1. The highest BCUT2D eigenvalue weighted by molar-refractivity contribution is 6.14. The van der Waals surface area contributed by atoms with Crippen LogP contribution in [0.25, 0.3) is 0 Å². The number of aryl methyl sites for hydroxylation is 1. The lowest BCUT2D eigenvalue weighted by molar-refractivity contribution is -0.117. The van der Waals surface area contributed by atoms with Gasteiger partial charge in [0.15, 0.2) is 0 Å². The Labute approximate surface area is 103 Å². The van der Waals surface area contributed by atoms with Crippen LogP contribution in [0.3, 0.4) is 0 Å². The van der Waals surface area contributed by atoms with Gasteiger partial charge in [0.05, 0.1) is 0 Å². The fraction of sp³-hybridized carbons (Fsp3) is 0.167. The largest absolute Gasteiger partial charge is 0.293 e. The number of fused-ring (bicyclic) bond motifs is 1. The third-order valence-corrected chi connectivity index (χ3v) is 2.91. The van der Waals surface area contributed by atoms with Gasteiger partial charge in [-0.15, -0.1) is 0 Å². The predicted molar refractivity (Wildman–Crippen MR) is 63.2 cm³/mol. The third-order valence-electron chi connectivity index (χ3n) is 2.91. The zero-order chi connectivity index (χ0) is 12.7. The molecular weight excluding hydrogens is 232 g/mol. The number of anilines is 1. The molecule has 18 heavy (non-hydrogen) atoms. The van der Waals surface area contributed by atoms with Gasteiger partial charge in [-0.3, -0.25) is 14.9 Å². The van der Waals surface area contributed by atoms with E-state index in [1.165, 1.54) is 6.33 Å². The van der Waals surface area contributed by atoms with Crippen molar-refractivity contribution in [3.63, 3.8) is 0 Å². The zero-order valence-electron chi connectivity index (χ0n) is 9.62. The van der Waals surface area contributed by atoms with Crippen molar-refractivity contribution >= 4 is 17.8 Å². The van der Waals surface area contributed by atoms with Crippen LogP contribution >= 0.6 is 0 Å². The Hall–Kier alpha value is -2.50. The van der Waals surface area contributed by atoms with Crippen molar-refractivity contribution in [2.75, 3.05) is 5.32 Å². The van der Waals surface area contributed by atoms with E-state index in [4.69, 9.17) is 0 Å². The van der Waals surface area contributed by atoms with Crippen molar-refractivity contribution in [1.82, 2.24) is 14.8 Å². The first-order valence-corrected chi connectivity index (χ1v) is 5.48. The summed E-state index contributed by atoms with van der Waals surface area (Å²) in [5, 5.41) is 6.37. The van der Waals surface area contributed by atoms with Crippen molar-refractivity contribution in [3.8, 4) is 0 Å².